The number of Topliss-reactive ketones (excluding diaryl/α,β-unsaturated/α-hetero) is 1. The minimum atomic E-state index is -0.450. The Morgan fingerprint density at radius 1 is 0.971 bits per heavy atom. The van der Waals surface area contributed by atoms with Gasteiger partial charge in [-0.05, 0) is 86.1 Å². The number of ether oxygens (including phenoxy) is 2. The van der Waals surface area contributed by atoms with Gasteiger partial charge in [-0.25, -0.2) is 4.39 Å². The first kappa shape index (κ1) is 24.9. The van der Waals surface area contributed by atoms with Crippen LogP contribution in [0.1, 0.15) is 91.9 Å². The van der Waals surface area contributed by atoms with E-state index in [1.54, 1.807) is 19.1 Å². The highest BCUT2D eigenvalue weighted by molar-refractivity contribution is 5.99. The van der Waals surface area contributed by atoms with Crippen LogP contribution in [0.15, 0.2) is 36.4 Å². The molecule has 0 spiro atoms. The summed E-state index contributed by atoms with van der Waals surface area (Å²) in [5, 5.41) is 0. The molecule has 4 rings (SSSR count). The molecule has 0 N–H and O–H groups in total. The van der Waals surface area contributed by atoms with Crippen LogP contribution in [0.4, 0.5) is 4.39 Å². The molecule has 2 unspecified atom stereocenters. The lowest BCUT2D eigenvalue weighted by Gasteiger charge is -2.37. The van der Waals surface area contributed by atoms with Crippen molar-refractivity contribution in [1.82, 2.24) is 0 Å². The first-order chi connectivity index (χ1) is 16.5. The Labute approximate surface area is 204 Å². The maximum absolute atomic E-state index is 14.5. The van der Waals surface area contributed by atoms with Crippen molar-refractivity contribution in [3.8, 4) is 5.75 Å². The molecule has 2 fully saturated rings. The van der Waals surface area contributed by atoms with E-state index >= 15 is 0 Å². The fraction of sp³-hybridized carbons (Fsp3) is 0.567. The Morgan fingerprint density at radius 3 is 2.29 bits per heavy atom. The van der Waals surface area contributed by atoms with E-state index in [4.69, 9.17) is 9.47 Å². The second kappa shape index (κ2) is 11.5. The van der Waals surface area contributed by atoms with Gasteiger partial charge < -0.3 is 9.47 Å². The summed E-state index contributed by atoms with van der Waals surface area (Å²) in [6, 6.07) is 11.4. The summed E-state index contributed by atoms with van der Waals surface area (Å²) in [6.45, 7) is 7.03. The van der Waals surface area contributed by atoms with Gasteiger partial charge in [0.05, 0.1) is 19.3 Å². The van der Waals surface area contributed by atoms with Crippen molar-refractivity contribution in [3.63, 3.8) is 0 Å². The summed E-state index contributed by atoms with van der Waals surface area (Å²) in [5.74, 6) is 2.16. The molecule has 2 aliphatic rings. The first-order valence-corrected chi connectivity index (χ1v) is 13.2. The van der Waals surface area contributed by atoms with Crippen LogP contribution in [0, 0.1) is 30.5 Å². The smallest absolute Gasteiger partial charge is 0.168 e. The average Bonchev–Trinajstić information content (AvgIpc) is 2.87. The molecule has 1 aliphatic heterocycles. The molecule has 2 aromatic rings. The van der Waals surface area contributed by atoms with Gasteiger partial charge in [-0.15, -0.1) is 0 Å². The second-order valence-corrected chi connectivity index (χ2v) is 10.2. The number of carbonyl (C=O) groups excluding carboxylic acids is 1. The number of hydrogen-bond acceptors (Lipinski definition) is 3. The molecular formula is C30H39FO3. The molecule has 1 heterocycles. The Balaban J connectivity index is 1.31. The van der Waals surface area contributed by atoms with Gasteiger partial charge in [0.1, 0.15) is 0 Å². The van der Waals surface area contributed by atoms with Crippen LogP contribution in [0.5, 0.6) is 5.75 Å². The normalized spacial score (nSPS) is 25.2. The van der Waals surface area contributed by atoms with E-state index in [2.05, 4.69) is 19.1 Å². The maximum Gasteiger partial charge on any atom is 0.168 e. The van der Waals surface area contributed by atoms with Crippen LogP contribution in [-0.2, 0) is 11.2 Å². The van der Waals surface area contributed by atoms with Crippen molar-refractivity contribution >= 4 is 5.78 Å². The van der Waals surface area contributed by atoms with Crippen LogP contribution in [0.2, 0.25) is 0 Å². The van der Waals surface area contributed by atoms with E-state index in [0.717, 1.165) is 30.4 Å². The van der Waals surface area contributed by atoms with E-state index < -0.39 is 5.82 Å². The van der Waals surface area contributed by atoms with Gasteiger partial charge in [-0.3, -0.25) is 4.79 Å². The number of hydrogen-bond donors (Lipinski definition) is 0. The fourth-order valence-electron chi connectivity index (χ4n) is 5.83. The molecule has 0 aromatic heterocycles. The van der Waals surface area contributed by atoms with E-state index in [9.17, 15) is 9.18 Å². The molecule has 3 nitrogen and oxygen atoms in total. The molecule has 1 saturated carbocycles. The summed E-state index contributed by atoms with van der Waals surface area (Å²) >= 11 is 0. The van der Waals surface area contributed by atoms with Crippen LogP contribution in [0.3, 0.4) is 0 Å². The van der Waals surface area contributed by atoms with Crippen LogP contribution < -0.4 is 4.74 Å². The molecule has 2 atom stereocenters. The van der Waals surface area contributed by atoms with E-state index in [1.165, 1.54) is 44.1 Å². The molecule has 1 aliphatic carbocycles. The van der Waals surface area contributed by atoms with E-state index in [1.807, 2.05) is 19.1 Å². The Morgan fingerprint density at radius 2 is 1.68 bits per heavy atom. The molecule has 4 heteroatoms. The maximum atomic E-state index is 14.5. The number of ketones is 1. The minimum Gasteiger partial charge on any atom is -0.491 e. The predicted octanol–water partition coefficient (Wildman–Crippen LogP) is 7.64. The lowest BCUT2D eigenvalue weighted by molar-refractivity contribution is -0.0403. The zero-order chi connectivity index (χ0) is 24.1. The summed E-state index contributed by atoms with van der Waals surface area (Å²) in [6.07, 6.45) is 9.58. The van der Waals surface area contributed by atoms with Gasteiger partial charge in [-0.1, -0.05) is 50.5 Å². The van der Waals surface area contributed by atoms with Crippen LogP contribution in [-0.4, -0.2) is 19.0 Å². The quantitative estimate of drug-likeness (QED) is 0.375. The third kappa shape index (κ3) is 5.71. The molecule has 0 amide bonds. The third-order valence-electron chi connectivity index (χ3n) is 8.11. The van der Waals surface area contributed by atoms with Crippen molar-refractivity contribution in [2.75, 3.05) is 13.2 Å². The number of benzene rings is 2. The molecule has 0 radical (unpaired) electrons. The second-order valence-electron chi connectivity index (χ2n) is 10.2. The molecule has 1 saturated heterocycles. The summed E-state index contributed by atoms with van der Waals surface area (Å²) < 4.78 is 26.1. The van der Waals surface area contributed by atoms with E-state index in [0.29, 0.717) is 23.7 Å². The average molecular weight is 467 g/mol. The lowest BCUT2D eigenvalue weighted by Crippen LogP contribution is -2.29. The fourth-order valence-corrected chi connectivity index (χ4v) is 5.83. The van der Waals surface area contributed by atoms with Crippen molar-refractivity contribution < 1.29 is 18.7 Å². The van der Waals surface area contributed by atoms with E-state index in [-0.39, 0.29) is 24.1 Å². The van der Waals surface area contributed by atoms with Crippen molar-refractivity contribution in [2.24, 2.45) is 17.8 Å². The van der Waals surface area contributed by atoms with Crippen LogP contribution >= 0.6 is 0 Å². The number of carbonyl (C=O) groups is 1. The summed E-state index contributed by atoms with van der Waals surface area (Å²) in [5.41, 5.74) is 2.89. The minimum absolute atomic E-state index is 0.0817. The molecule has 34 heavy (non-hydrogen) atoms. The Hall–Kier alpha value is -2.20. The molecule has 2 aromatic carbocycles. The molecule has 0 bridgehead atoms. The van der Waals surface area contributed by atoms with Gasteiger partial charge in [-0.2, -0.15) is 0 Å². The Kier molecular flexibility index (Phi) is 8.41. The zero-order valence-electron chi connectivity index (χ0n) is 20.9. The molecule has 184 valence electrons. The third-order valence-corrected chi connectivity index (χ3v) is 8.11. The topological polar surface area (TPSA) is 35.5 Å². The van der Waals surface area contributed by atoms with Gasteiger partial charge in [0.2, 0.25) is 0 Å². The van der Waals surface area contributed by atoms with Crippen molar-refractivity contribution in [2.45, 2.75) is 78.2 Å². The van der Waals surface area contributed by atoms with Gasteiger partial charge in [0.25, 0.3) is 0 Å². The number of rotatable bonds is 8. The zero-order valence-corrected chi connectivity index (χ0v) is 20.9. The number of halogens is 1. The highest BCUT2D eigenvalue weighted by Gasteiger charge is 2.31. The van der Waals surface area contributed by atoms with Gasteiger partial charge in [0.15, 0.2) is 17.3 Å². The van der Waals surface area contributed by atoms with Gasteiger partial charge in [0, 0.05) is 12.0 Å². The first-order valence-electron chi connectivity index (χ1n) is 13.2. The van der Waals surface area contributed by atoms with Gasteiger partial charge >= 0.3 is 0 Å². The highest BCUT2D eigenvalue weighted by Crippen LogP contribution is 2.41. The van der Waals surface area contributed by atoms with Crippen LogP contribution in [0.25, 0.3) is 0 Å². The lowest BCUT2D eigenvalue weighted by atomic mass is 9.73. The molecular weight excluding hydrogens is 427 g/mol. The highest BCUT2D eigenvalue weighted by atomic mass is 19.1. The summed E-state index contributed by atoms with van der Waals surface area (Å²) in [4.78, 5) is 12.8. The predicted molar refractivity (Wildman–Crippen MR) is 134 cm³/mol. The standard InChI is InChI=1S/C30H39FO3/c1-4-21-6-10-23(11-7-21)25-14-16-28(34-19-25)24-12-8-22(9-13-24)18-27(32)26-15-17-29(33-5-2)30(31)20(26)3/h8-9,12-13,15,17,21,23,25,28H,4-7,10-11,14,16,18-19H2,1-3H3. The monoisotopic (exact) mass is 466 g/mol. The Bertz CT molecular complexity index is 952. The largest absolute Gasteiger partial charge is 0.491 e. The van der Waals surface area contributed by atoms with Crippen molar-refractivity contribution in [3.05, 3.63) is 64.5 Å². The summed E-state index contributed by atoms with van der Waals surface area (Å²) in [7, 11) is 0. The van der Waals surface area contributed by atoms with Crippen molar-refractivity contribution in [1.29, 1.82) is 0 Å². The SMILES string of the molecule is CCOc1ccc(C(=O)Cc2ccc(C3CCC(C4CCC(CC)CC4)CO3)cc2)c(C)c1F.